The van der Waals surface area contributed by atoms with Crippen LogP contribution in [0.4, 0.5) is 5.69 Å². The minimum Gasteiger partial charge on any atom is -0.490 e. The molecule has 6 nitrogen and oxygen atoms in total. The lowest BCUT2D eigenvalue weighted by molar-refractivity contribution is 0.0915. The smallest absolute Gasteiger partial charge is 0.187 e. The fourth-order valence-electron chi connectivity index (χ4n) is 6.36. The summed E-state index contributed by atoms with van der Waals surface area (Å²) in [6.07, 6.45) is 6.63. The predicted octanol–water partition coefficient (Wildman–Crippen LogP) is 7.83. The minimum absolute atomic E-state index is 0.171. The van der Waals surface area contributed by atoms with Crippen molar-refractivity contribution in [2.24, 2.45) is 5.92 Å². The molecule has 2 fully saturated rings. The van der Waals surface area contributed by atoms with Crippen LogP contribution in [0.15, 0.2) is 97.2 Å². The van der Waals surface area contributed by atoms with Gasteiger partial charge in [0.25, 0.3) is 0 Å². The molecular formula is C38H40N4O2. The van der Waals surface area contributed by atoms with Crippen molar-refractivity contribution in [3.63, 3.8) is 0 Å². The third kappa shape index (κ3) is 7.99. The van der Waals surface area contributed by atoms with Gasteiger partial charge >= 0.3 is 0 Å². The first kappa shape index (κ1) is 29.7. The zero-order valence-electron chi connectivity index (χ0n) is 25.3. The first-order chi connectivity index (χ1) is 21.6. The van der Waals surface area contributed by atoms with Crippen LogP contribution in [-0.4, -0.2) is 52.9 Å². The molecule has 0 N–H and O–H groups in total. The molecule has 0 unspecified atom stereocenters. The number of carbonyl (C=O) groups is 1. The van der Waals surface area contributed by atoms with E-state index < -0.39 is 0 Å². The molecule has 0 saturated carbocycles. The summed E-state index contributed by atoms with van der Waals surface area (Å²) in [5, 5.41) is 0. The predicted molar refractivity (Wildman–Crippen MR) is 175 cm³/mol. The number of ketones is 1. The fourth-order valence-corrected chi connectivity index (χ4v) is 6.36. The second-order valence-electron chi connectivity index (χ2n) is 12.2. The number of hydrogen-bond donors (Lipinski definition) is 0. The SMILES string of the molecule is [C-]#[N+]c1ccc(CN2CCC(CC(=O)c3cccc(OC4CCN(Cc5ccc(-c6ccccn6)cc5)CC4)c3)CC2)cc1. The summed E-state index contributed by atoms with van der Waals surface area (Å²) in [5.41, 5.74) is 6.14. The van der Waals surface area contributed by atoms with E-state index in [-0.39, 0.29) is 11.9 Å². The molecule has 1 aromatic heterocycles. The van der Waals surface area contributed by atoms with Crippen molar-refractivity contribution in [3.05, 3.63) is 125 Å². The maximum Gasteiger partial charge on any atom is 0.187 e. The van der Waals surface area contributed by atoms with E-state index in [1.54, 1.807) is 0 Å². The van der Waals surface area contributed by atoms with E-state index >= 15 is 0 Å². The first-order valence-electron chi connectivity index (χ1n) is 15.8. The lowest BCUT2D eigenvalue weighted by Gasteiger charge is -2.32. The summed E-state index contributed by atoms with van der Waals surface area (Å²) >= 11 is 0. The summed E-state index contributed by atoms with van der Waals surface area (Å²) in [6, 6.07) is 30.4. The molecule has 44 heavy (non-hydrogen) atoms. The average Bonchev–Trinajstić information content (AvgIpc) is 3.08. The quantitative estimate of drug-likeness (QED) is 0.140. The largest absolute Gasteiger partial charge is 0.490 e. The van der Waals surface area contributed by atoms with Gasteiger partial charge in [-0.1, -0.05) is 66.7 Å². The molecule has 0 radical (unpaired) electrons. The second-order valence-corrected chi connectivity index (χ2v) is 12.2. The molecule has 0 amide bonds. The minimum atomic E-state index is 0.171. The van der Waals surface area contributed by atoms with E-state index in [1.165, 1.54) is 11.1 Å². The molecule has 2 aliphatic heterocycles. The number of carbonyl (C=O) groups excluding carboxylic acids is 1. The summed E-state index contributed by atoms with van der Waals surface area (Å²) in [5.74, 6) is 1.44. The van der Waals surface area contributed by atoms with Gasteiger partial charge in [-0.15, -0.1) is 0 Å². The maximum absolute atomic E-state index is 13.2. The van der Waals surface area contributed by atoms with Gasteiger partial charge < -0.3 is 4.74 Å². The van der Waals surface area contributed by atoms with E-state index in [2.05, 4.69) is 43.9 Å². The topological polar surface area (TPSA) is 50.0 Å². The molecule has 224 valence electrons. The first-order valence-corrected chi connectivity index (χ1v) is 15.8. The number of nitrogens with zero attached hydrogens (tertiary/aromatic N) is 4. The number of ether oxygens (including phenoxy) is 1. The Labute approximate surface area is 261 Å². The molecule has 4 aromatic rings. The number of hydrogen-bond acceptors (Lipinski definition) is 5. The third-order valence-electron chi connectivity index (χ3n) is 8.97. The number of aromatic nitrogens is 1. The molecule has 0 aliphatic carbocycles. The zero-order valence-corrected chi connectivity index (χ0v) is 25.3. The molecule has 6 rings (SSSR count). The van der Waals surface area contributed by atoms with Crippen molar-refractivity contribution in [2.75, 3.05) is 26.2 Å². The van der Waals surface area contributed by atoms with Crippen LogP contribution in [0.5, 0.6) is 5.75 Å². The van der Waals surface area contributed by atoms with E-state index in [0.717, 1.165) is 87.5 Å². The lowest BCUT2D eigenvalue weighted by atomic mass is 9.89. The van der Waals surface area contributed by atoms with Crippen LogP contribution in [0.2, 0.25) is 0 Å². The van der Waals surface area contributed by atoms with Crippen molar-refractivity contribution in [1.82, 2.24) is 14.8 Å². The van der Waals surface area contributed by atoms with Gasteiger partial charge in [-0.3, -0.25) is 19.6 Å². The molecule has 2 saturated heterocycles. The van der Waals surface area contributed by atoms with E-state index in [1.807, 2.05) is 72.9 Å². The Hall–Kier alpha value is -4.31. The van der Waals surface area contributed by atoms with Crippen LogP contribution >= 0.6 is 0 Å². The number of Topliss-reactive ketones (excluding diaryl/α,β-unsaturated/α-hetero) is 1. The average molecular weight is 585 g/mol. The van der Waals surface area contributed by atoms with Gasteiger partial charge in [0, 0.05) is 49.9 Å². The van der Waals surface area contributed by atoms with Crippen molar-refractivity contribution in [2.45, 2.75) is 51.3 Å². The Balaban J connectivity index is 0.929. The summed E-state index contributed by atoms with van der Waals surface area (Å²) in [6.45, 7) is 12.9. The van der Waals surface area contributed by atoms with Crippen molar-refractivity contribution >= 4 is 11.5 Å². The molecule has 6 heteroatoms. The highest BCUT2D eigenvalue weighted by Crippen LogP contribution is 2.27. The Morgan fingerprint density at radius 2 is 1.45 bits per heavy atom. The standard InChI is InChI=1S/C38H40N4O2/c1-39-34-14-10-31(11-15-34)28-41-21-16-29(17-22-41)25-38(43)33-5-4-6-36(26-33)44-35-18-23-42(24-19-35)27-30-8-12-32(13-9-30)37-7-2-3-20-40-37/h2-15,20,26,29,35H,16-19,21-25,27-28H2. The van der Waals surface area contributed by atoms with Crippen molar-refractivity contribution in [3.8, 4) is 17.0 Å². The number of pyridine rings is 1. The van der Waals surface area contributed by atoms with Crippen LogP contribution in [0, 0.1) is 12.5 Å². The number of rotatable bonds is 10. The highest BCUT2D eigenvalue weighted by Gasteiger charge is 2.24. The van der Waals surface area contributed by atoms with Crippen LogP contribution in [0.25, 0.3) is 16.1 Å². The fraction of sp³-hybridized carbons (Fsp3) is 0.342. The number of piperidine rings is 2. The van der Waals surface area contributed by atoms with Gasteiger partial charge in [-0.05, 0) is 80.1 Å². The zero-order chi connectivity index (χ0) is 30.1. The Bertz CT molecular complexity index is 1550. The van der Waals surface area contributed by atoms with Crippen LogP contribution < -0.4 is 4.74 Å². The van der Waals surface area contributed by atoms with Gasteiger partial charge in [-0.25, -0.2) is 4.85 Å². The lowest BCUT2D eigenvalue weighted by Crippen LogP contribution is -2.37. The molecule has 2 aliphatic rings. The number of benzene rings is 3. The van der Waals surface area contributed by atoms with Gasteiger partial charge in [0.15, 0.2) is 11.5 Å². The van der Waals surface area contributed by atoms with Gasteiger partial charge in [0.1, 0.15) is 11.9 Å². The summed E-state index contributed by atoms with van der Waals surface area (Å²) in [7, 11) is 0. The van der Waals surface area contributed by atoms with E-state index in [9.17, 15) is 4.79 Å². The van der Waals surface area contributed by atoms with Crippen molar-refractivity contribution in [1.29, 1.82) is 0 Å². The van der Waals surface area contributed by atoms with Gasteiger partial charge in [0.2, 0.25) is 0 Å². The van der Waals surface area contributed by atoms with Crippen LogP contribution in [0.3, 0.4) is 0 Å². The maximum atomic E-state index is 13.2. The Kier molecular flexibility index (Phi) is 9.76. The van der Waals surface area contributed by atoms with Crippen LogP contribution in [0.1, 0.15) is 53.6 Å². The molecule has 3 heterocycles. The number of likely N-dealkylation sites (tertiary alicyclic amines) is 2. The van der Waals surface area contributed by atoms with Gasteiger partial charge in [0.05, 0.1) is 12.3 Å². The summed E-state index contributed by atoms with van der Waals surface area (Å²) in [4.78, 5) is 26.1. The normalized spacial score (nSPS) is 16.8. The third-order valence-corrected chi connectivity index (χ3v) is 8.97. The van der Waals surface area contributed by atoms with E-state index in [0.29, 0.717) is 18.0 Å². The monoisotopic (exact) mass is 584 g/mol. The van der Waals surface area contributed by atoms with Crippen LogP contribution in [-0.2, 0) is 13.1 Å². The Morgan fingerprint density at radius 1 is 0.795 bits per heavy atom. The molecule has 0 bridgehead atoms. The molecule has 0 atom stereocenters. The highest BCUT2D eigenvalue weighted by molar-refractivity contribution is 5.96. The van der Waals surface area contributed by atoms with E-state index in [4.69, 9.17) is 11.3 Å². The van der Waals surface area contributed by atoms with Gasteiger partial charge in [-0.2, -0.15) is 0 Å². The summed E-state index contributed by atoms with van der Waals surface area (Å²) < 4.78 is 6.38. The Morgan fingerprint density at radius 3 is 2.09 bits per heavy atom. The van der Waals surface area contributed by atoms with Crippen molar-refractivity contribution < 1.29 is 9.53 Å². The highest BCUT2D eigenvalue weighted by atomic mass is 16.5. The molecule has 3 aromatic carbocycles. The second kappa shape index (κ2) is 14.4. The molecule has 0 spiro atoms. The molecular weight excluding hydrogens is 544 g/mol.